The molecule has 17 heavy (non-hydrogen) atoms. The van der Waals surface area contributed by atoms with Crippen molar-refractivity contribution in [3.63, 3.8) is 0 Å². The van der Waals surface area contributed by atoms with Gasteiger partial charge in [-0.1, -0.05) is 6.42 Å². The van der Waals surface area contributed by atoms with Crippen LogP contribution in [0.3, 0.4) is 0 Å². The van der Waals surface area contributed by atoms with Crippen LogP contribution in [0.1, 0.15) is 19.3 Å². The normalized spacial score (nSPS) is 29.2. The Hall–Kier alpha value is -0.360. The molecule has 2 aliphatic rings. The van der Waals surface area contributed by atoms with Gasteiger partial charge in [0.05, 0.1) is 32.0 Å². The Morgan fingerprint density at radius 2 is 2.24 bits per heavy atom. The number of halogens is 1. The lowest BCUT2D eigenvalue weighted by atomic mass is 10.0. The van der Waals surface area contributed by atoms with Crippen LogP contribution in [0.15, 0.2) is 0 Å². The van der Waals surface area contributed by atoms with E-state index >= 15 is 0 Å². The second kappa shape index (κ2) is 7.87. The van der Waals surface area contributed by atoms with Gasteiger partial charge >= 0.3 is 0 Å². The number of hydrogen-bond donors (Lipinski definition) is 2. The third-order valence-corrected chi connectivity index (χ3v) is 3.02. The second-order valence-corrected chi connectivity index (χ2v) is 4.32. The van der Waals surface area contributed by atoms with Crippen LogP contribution in [0.25, 0.3) is 0 Å². The molecule has 0 spiro atoms. The molecule has 0 bridgehead atoms. The van der Waals surface area contributed by atoms with E-state index in [0.29, 0.717) is 26.4 Å². The van der Waals surface area contributed by atoms with Crippen molar-refractivity contribution in [1.29, 1.82) is 0 Å². The molecule has 2 N–H and O–H groups in total. The number of carbonyl (C=O) groups excluding carboxylic acids is 1. The predicted octanol–water partition coefficient (Wildman–Crippen LogP) is 0.0819. The van der Waals surface area contributed by atoms with E-state index in [1.807, 2.05) is 0 Å². The number of nitrogens with one attached hydrogen (secondary N) is 2. The SMILES string of the molecule is Cl.O=C(NCC1COCCO1)C1CCCCN1. The summed E-state index contributed by atoms with van der Waals surface area (Å²) in [4.78, 5) is 11.8. The first kappa shape index (κ1) is 14.7. The van der Waals surface area contributed by atoms with Gasteiger partial charge in [-0.05, 0) is 19.4 Å². The maximum atomic E-state index is 11.8. The molecule has 100 valence electrons. The molecule has 0 saturated carbocycles. The Morgan fingerprint density at radius 3 is 2.88 bits per heavy atom. The molecule has 0 aliphatic carbocycles. The van der Waals surface area contributed by atoms with E-state index in [9.17, 15) is 4.79 Å². The first-order chi connectivity index (χ1) is 7.86. The van der Waals surface area contributed by atoms with Gasteiger partial charge in [-0.15, -0.1) is 12.4 Å². The van der Waals surface area contributed by atoms with Crippen LogP contribution in [0.2, 0.25) is 0 Å². The summed E-state index contributed by atoms with van der Waals surface area (Å²) in [5.41, 5.74) is 0. The van der Waals surface area contributed by atoms with E-state index in [0.717, 1.165) is 19.4 Å². The maximum Gasteiger partial charge on any atom is 0.237 e. The zero-order chi connectivity index (χ0) is 11.2. The molecule has 2 unspecified atom stereocenters. The van der Waals surface area contributed by atoms with Crippen LogP contribution >= 0.6 is 12.4 Å². The van der Waals surface area contributed by atoms with Crippen LogP contribution in [0.5, 0.6) is 0 Å². The smallest absolute Gasteiger partial charge is 0.237 e. The minimum absolute atomic E-state index is 0. The summed E-state index contributed by atoms with van der Waals surface area (Å²) in [5.74, 6) is 0.0915. The van der Waals surface area contributed by atoms with Crippen molar-refractivity contribution < 1.29 is 14.3 Å². The van der Waals surface area contributed by atoms with Crippen LogP contribution in [-0.2, 0) is 14.3 Å². The molecule has 2 atom stereocenters. The van der Waals surface area contributed by atoms with Crippen molar-refractivity contribution >= 4 is 18.3 Å². The van der Waals surface area contributed by atoms with Crippen molar-refractivity contribution in [2.45, 2.75) is 31.4 Å². The summed E-state index contributed by atoms with van der Waals surface area (Å²) in [6, 6.07) is -0.0155. The summed E-state index contributed by atoms with van der Waals surface area (Å²) in [7, 11) is 0. The minimum Gasteiger partial charge on any atom is -0.376 e. The van der Waals surface area contributed by atoms with Crippen molar-refractivity contribution in [3.8, 4) is 0 Å². The van der Waals surface area contributed by atoms with Crippen molar-refractivity contribution in [1.82, 2.24) is 10.6 Å². The third kappa shape index (κ3) is 4.79. The molecular formula is C11H21ClN2O3. The Bertz CT molecular complexity index is 229. The molecule has 1 amide bonds. The third-order valence-electron chi connectivity index (χ3n) is 3.02. The van der Waals surface area contributed by atoms with Crippen molar-refractivity contribution in [3.05, 3.63) is 0 Å². The monoisotopic (exact) mass is 264 g/mol. The van der Waals surface area contributed by atoms with Gasteiger partial charge in [0.2, 0.25) is 5.91 Å². The molecule has 0 radical (unpaired) electrons. The lowest BCUT2D eigenvalue weighted by molar-refractivity contribution is -0.126. The van der Waals surface area contributed by atoms with Crippen LogP contribution in [-0.4, -0.2) is 51.0 Å². The van der Waals surface area contributed by atoms with E-state index in [1.54, 1.807) is 0 Å². The Kier molecular flexibility index (Phi) is 6.80. The fourth-order valence-corrected chi connectivity index (χ4v) is 2.07. The number of ether oxygens (including phenoxy) is 2. The van der Waals surface area contributed by atoms with Gasteiger partial charge in [0, 0.05) is 6.54 Å². The first-order valence-corrected chi connectivity index (χ1v) is 6.07. The molecule has 6 heteroatoms. The Morgan fingerprint density at radius 1 is 1.35 bits per heavy atom. The summed E-state index contributed by atoms with van der Waals surface area (Å²) in [5, 5.41) is 6.14. The van der Waals surface area contributed by atoms with Gasteiger partial charge in [0.25, 0.3) is 0 Å². The number of amides is 1. The fraction of sp³-hybridized carbons (Fsp3) is 0.909. The molecule has 2 heterocycles. The quantitative estimate of drug-likeness (QED) is 0.758. The summed E-state index contributed by atoms with van der Waals surface area (Å²) < 4.78 is 10.7. The Balaban J connectivity index is 0.00000144. The second-order valence-electron chi connectivity index (χ2n) is 4.32. The Labute approximate surface area is 108 Å². The van der Waals surface area contributed by atoms with Gasteiger partial charge in [-0.25, -0.2) is 0 Å². The predicted molar refractivity (Wildman–Crippen MR) is 66.5 cm³/mol. The van der Waals surface area contributed by atoms with Crippen LogP contribution in [0.4, 0.5) is 0 Å². The average Bonchev–Trinajstić information content (AvgIpc) is 2.38. The molecular weight excluding hydrogens is 244 g/mol. The highest BCUT2D eigenvalue weighted by Gasteiger charge is 2.22. The molecule has 0 aromatic rings. The highest BCUT2D eigenvalue weighted by molar-refractivity contribution is 5.85. The zero-order valence-corrected chi connectivity index (χ0v) is 10.8. The van der Waals surface area contributed by atoms with E-state index in [1.165, 1.54) is 6.42 Å². The largest absolute Gasteiger partial charge is 0.376 e. The summed E-state index contributed by atoms with van der Waals surface area (Å²) in [6.07, 6.45) is 3.26. The van der Waals surface area contributed by atoms with Gasteiger partial charge < -0.3 is 20.1 Å². The maximum absolute atomic E-state index is 11.8. The standard InChI is InChI=1S/C11H20N2O3.ClH/c14-11(10-3-1-2-4-12-10)13-7-9-8-15-5-6-16-9;/h9-10,12H,1-8H2,(H,13,14);1H. The minimum atomic E-state index is -0.0155. The molecule has 2 aliphatic heterocycles. The lowest BCUT2D eigenvalue weighted by Crippen LogP contribution is -2.49. The van der Waals surface area contributed by atoms with E-state index in [4.69, 9.17) is 9.47 Å². The molecule has 5 nitrogen and oxygen atoms in total. The molecule has 2 saturated heterocycles. The van der Waals surface area contributed by atoms with Crippen LogP contribution < -0.4 is 10.6 Å². The van der Waals surface area contributed by atoms with Crippen LogP contribution in [0, 0.1) is 0 Å². The number of hydrogen-bond acceptors (Lipinski definition) is 4. The number of piperidine rings is 1. The van der Waals surface area contributed by atoms with Crippen molar-refractivity contribution in [2.75, 3.05) is 32.9 Å². The molecule has 0 aromatic heterocycles. The highest BCUT2D eigenvalue weighted by atomic mass is 35.5. The lowest BCUT2D eigenvalue weighted by Gasteiger charge is -2.26. The number of carbonyl (C=O) groups is 1. The summed E-state index contributed by atoms with van der Waals surface area (Å²) in [6.45, 7) is 3.37. The zero-order valence-electron chi connectivity index (χ0n) is 9.94. The fourth-order valence-electron chi connectivity index (χ4n) is 2.07. The van der Waals surface area contributed by atoms with E-state index < -0.39 is 0 Å². The van der Waals surface area contributed by atoms with Gasteiger partial charge in [-0.3, -0.25) is 4.79 Å². The molecule has 2 rings (SSSR count). The van der Waals surface area contributed by atoms with Gasteiger partial charge in [0.1, 0.15) is 0 Å². The van der Waals surface area contributed by atoms with Gasteiger partial charge in [-0.2, -0.15) is 0 Å². The van der Waals surface area contributed by atoms with E-state index in [-0.39, 0.29) is 30.5 Å². The number of rotatable bonds is 3. The van der Waals surface area contributed by atoms with Gasteiger partial charge in [0.15, 0.2) is 0 Å². The summed E-state index contributed by atoms with van der Waals surface area (Å²) >= 11 is 0. The molecule has 0 aromatic carbocycles. The topological polar surface area (TPSA) is 59.6 Å². The van der Waals surface area contributed by atoms with Crippen molar-refractivity contribution in [2.24, 2.45) is 0 Å². The molecule has 2 fully saturated rings. The first-order valence-electron chi connectivity index (χ1n) is 6.07. The highest BCUT2D eigenvalue weighted by Crippen LogP contribution is 2.07. The van der Waals surface area contributed by atoms with E-state index in [2.05, 4.69) is 10.6 Å². The average molecular weight is 265 g/mol.